The van der Waals surface area contributed by atoms with Gasteiger partial charge in [0.2, 0.25) is 0 Å². The molecule has 1 rings (SSSR count). The Morgan fingerprint density at radius 3 is 2.88 bits per heavy atom. The Kier molecular flexibility index (Phi) is 1.48. The zero-order valence-corrected chi connectivity index (χ0v) is 4.59. The van der Waals surface area contributed by atoms with E-state index in [1.807, 2.05) is 0 Å². The maximum absolute atomic E-state index is 10.6. The number of nitrogens with zero attached hydrogens (tertiary/aromatic N) is 1. The normalized spacial score (nSPS) is 21.6. The summed E-state index contributed by atoms with van der Waals surface area (Å²) in [6.45, 7) is 0.893. The molecule has 0 radical (unpaired) electrons. The van der Waals surface area contributed by atoms with E-state index < -0.39 is 0 Å². The minimum absolute atomic E-state index is 0.0660. The molecule has 1 aliphatic heterocycles. The van der Waals surface area contributed by atoms with E-state index in [-0.39, 0.29) is 5.91 Å². The maximum atomic E-state index is 10.6. The molecule has 1 amide bonds. The number of ether oxygens (including phenoxy) is 1. The summed E-state index contributed by atoms with van der Waals surface area (Å²) in [5.74, 6) is 0.0660. The van der Waals surface area contributed by atoms with Crippen LogP contribution in [-0.2, 0) is 9.53 Å². The summed E-state index contributed by atoms with van der Waals surface area (Å²) in [6.07, 6.45) is 0.476. The van der Waals surface area contributed by atoms with Gasteiger partial charge in [-0.3, -0.25) is 11.8 Å². The highest BCUT2D eigenvalue weighted by Crippen LogP contribution is 1.99. The number of hydrogen-bond donors (Lipinski definition) is 0. The van der Waals surface area contributed by atoms with Gasteiger partial charge < -0.3 is 9.64 Å². The summed E-state index contributed by atoms with van der Waals surface area (Å²) >= 11 is 0. The van der Waals surface area contributed by atoms with Crippen LogP contribution in [0, 0.1) is 7.05 Å². The highest BCUT2D eigenvalue weighted by atomic mass is 16.5. The van der Waals surface area contributed by atoms with Crippen molar-refractivity contribution in [1.82, 2.24) is 4.90 Å². The molecular weight excluding hydrogens is 106 g/mol. The summed E-state index contributed by atoms with van der Waals surface area (Å²) in [5.41, 5.74) is 0. The van der Waals surface area contributed by atoms with E-state index in [2.05, 4.69) is 7.05 Å². The second-order valence-electron chi connectivity index (χ2n) is 1.72. The molecule has 1 heterocycles. The van der Waals surface area contributed by atoms with Crippen molar-refractivity contribution in [3.8, 4) is 0 Å². The Morgan fingerprint density at radius 2 is 2.50 bits per heavy atom. The summed E-state index contributed by atoms with van der Waals surface area (Å²) in [5, 5.41) is 0. The molecule has 46 valence electrons. The van der Waals surface area contributed by atoms with Crippen LogP contribution in [0.2, 0.25) is 0 Å². The molecule has 0 aromatic carbocycles. The number of hydrogen-bond acceptors (Lipinski definition) is 2. The molecule has 0 bridgehead atoms. The highest BCUT2D eigenvalue weighted by Gasteiger charge is 2.07. The van der Waals surface area contributed by atoms with Gasteiger partial charge in [-0.2, -0.15) is 0 Å². The number of rotatable bonds is 0. The van der Waals surface area contributed by atoms with Crippen LogP contribution in [0.4, 0.5) is 0 Å². The van der Waals surface area contributed by atoms with Crippen molar-refractivity contribution in [2.75, 3.05) is 13.3 Å². The monoisotopic (exact) mass is 114 g/mol. The largest absolute Gasteiger partial charge is 0.475 e. The van der Waals surface area contributed by atoms with Gasteiger partial charge in [-0.1, -0.05) is 0 Å². The van der Waals surface area contributed by atoms with Crippen LogP contribution < -0.4 is 0 Å². The topological polar surface area (TPSA) is 29.5 Å². The van der Waals surface area contributed by atoms with Crippen LogP contribution in [0.1, 0.15) is 6.42 Å². The van der Waals surface area contributed by atoms with E-state index in [1.54, 1.807) is 0 Å². The highest BCUT2D eigenvalue weighted by molar-refractivity contribution is 5.76. The van der Waals surface area contributed by atoms with Crippen molar-refractivity contribution >= 4 is 5.91 Å². The van der Waals surface area contributed by atoms with Crippen molar-refractivity contribution in [2.24, 2.45) is 0 Å². The average molecular weight is 114 g/mol. The minimum atomic E-state index is 0.0660. The number of amides is 1. The molecule has 0 saturated carbocycles. The van der Waals surface area contributed by atoms with Crippen LogP contribution in [0.15, 0.2) is 0 Å². The quantitative estimate of drug-likeness (QED) is 0.414. The van der Waals surface area contributed by atoms with Gasteiger partial charge in [0.1, 0.15) is 0 Å². The van der Waals surface area contributed by atoms with Gasteiger partial charge in [-0.25, -0.2) is 0 Å². The number of carbonyl (C=O) groups excluding carboxylic acids is 1. The van der Waals surface area contributed by atoms with Gasteiger partial charge in [0, 0.05) is 6.42 Å². The standard InChI is InChI=1S/C5H8NO2/c1-6-4-8-3-2-5(6)7/h1-4H2/q-1. The molecule has 0 aromatic rings. The zero-order chi connectivity index (χ0) is 5.98. The van der Waals surface area contributed by atoms with Crippen LogP contribution in [0.5, 0.6) is 0 Å². The molecule has 1 saturated heterocycles. The second kappa shape index (κ2) is 2.13. The van der Waals surface area contributed by atoms with Crippen molar-refractivity contribution < 1.29 is 9.53 Å². The van der Waals surface area contributed by atoms with Gasteiger partial charge in [-0.15, -0.1) is 0 Å². The summed E-state index contributed by atoms with van der Waals surface area (Å²) in [4.78, 5) is 11.9. The smallest absolute Gasteiger partial charge is 0.197 e. The van der Waals surface area contributed by atoms with E-state index in [4.69, 9.17) is 4.74 Å². The van der Waals surface area contributed by atoms with E-state index in [1.165, 1.54) is 4.90 Å². The lowest BCUT2D eigenvalue weighted by Gasteiger charge is -2.29. The Labute approximate surface area is 48.2 Å². The fourth-order valence-electron chi connectivity index (χ4n) is 0.564. The van der Waals surface area contributed by atoms with E-state index in [0.717, 1.165) is 0 Å². The van der Waals surface area contributed by atoms with E-state index >= 15 is 0 Å². The van der Waals surface area contributed by atoms with Gasteiger partial charge in [-0.05, 0) is 0 Å². The zero-order valence-electron chi connectivity index (χ0n) is 4.59. The van der Waals surface area contributed by atoms with E-state index in [9.17, 15) is 4.79 Å². The van der Waals surface area contributed by atoms with Gasteiger partial charge in [0.05, 0.1) is 13.3 Å². The summed E-state index contributed by atoms with van der Waals surface area (Å²) in [7, 11) is 3.44. The van der Waals surface area contributed by atoms with Crippen molar-refractivity contribution in [1.29, 1.82) is 0 Å². The Morgan fingerprint density at radius 1 is 1.75 bits per heavy atom. The molecule has 0 spiro atoms. The second-order valence-corrected chi connectivity index (χ2v) is 1.72. The molecule has 8 heavy (non-hydrogen) atoms. The number of carbonyl (C=O) groups is 1. The molecule has 0 aliphatic carbocycles. The third-order valence-electron chi connectivity index (χ3n) is 1.06. The Hall–Kier alpha value is -0.570. The predicted molar refractivity (Wildman–Crippen MR) is 27.6 cm³/mol. The molecule has 0 unspecified atom stereocenters. The van der Waals surface area contributed by atoms with Crippen LogP contribution in [0.25, 0.3) is 0 Å². The van der Waals surface area contributed by atoms with Crippen LogP contribution >= 0.6 is 0 Å². The molecule has 0 aromatic heterocycles. The molecule has 0 N–H and O–H groups in total. The maximum Gasteiger partial charge on any atom is 0.197 e. The van der Waals surface area contributed by atoms with Gasteiger partial charge in [0.25, 0.3) is 0 Å². The first-order chi connectivity index (χ1) is 3.80. The lowest BCUT2D eigenvalue weighted by molar-refractivity contribution is -0.141. The summed E-state index contributed by atoms with van der Waals surface area (Å²) < 4.78 is 4.89. The predicted octanol–water partition coefficient (Wildman–Crippen LogP) is -0.0156. The summed E-state index contributed by atoms with van der Waals surface area (Å²) in [6, 6.07) is 0. The van der Waals surface area contributed by atoms with Crippen molar-refractivity contribution in [3.63, 3.8) is 0 Å². The third kappa shape index (κ3) is 0.980. The van der Waals surface area contributed by atoms with Crippen molar-refractivity contribution in [3.05, 3.63) is 7.05 Å². The lowest BCUT2D eigenvalue weighted by atomic mass is 10.4. The Bertz CT molecular complexity index is 103. The average Bonchev–Trinajstić information content (AvgIpc) is 1.77. The molecule has 0 atom stereocenters. The minimum Gasteiger partial charge on any atom is -0.475 e. The van der Waals surface area contributed by atoms with Gasteiger partial charge >= 0.3 is 0 Å². The molecule has 1 aliphatic rings. The molecule has 1 fully saturated rings. The molecule has 3 nitrogen and oxygen atoms in total. The molecular formula is C5H8NO2-. The molecule has 3 heteroatoms. The van der Waals surface area contributed by atoms with Crippen LogP contribution in [-0.4, -0.2) is 24.1 Å². The third-order valence-corrected chi connectivity index (χ3v) is 1.06. The fourth-order valence-corrected chi connectivity index (χ4v) is 0.564. The SMILES string of the molecule is [CH2-]N1COCCC1=O. The van der Waals surface area contributed by atoms with E-state index in [0.29, 0.717) is 19.8 Å². The fraction of sp³-hybridized carbons (Fsp3) is 0.600. The lowest BCUT2D eigenvalue weighted by Crippen LogP contribution is -2.33. The first kappa shape index (κ1) is 5.56. The van der Waals surface area contributed by atoms with Crippen molar-refractivity contribution in [2.45, 2.75) is 6.42 Å². The Balaban J connectivity index is 2.39. The van der Waals surface area contributed by atoms with Gasteiger partial charge in [0.15, 0.2) is 5.91 Å². The first-order valence-electron chi connectivity index (χ1n) is 2.49. The first-order valence-corrected chi connectivity index (χ1v) is 2.49. The van der Waals surface area contributed by atoms with Crippen LogP contribution in [0.3, 0.4) is 0 Å².